The number of rotatable bonds is 4. The zero-order chi connectivity index (χ0) is 8.85. The lowest BCUT2D eigenvalue weighted by molar-refractivity contribution is -0.155. The molecule has 6 heteroatoms. The van der Waals surface area contributed by atoms with Crippen molar-refractivity contribution in [2.45, 2.75) is 6.04 Å². The van der Waals surface area contributed by atoms with Crippen molar-refractivity contribution in [2.24, 2.45) is 5.73 Å². The minimum absolute atomic E-state index is 0.137. The maximum Gasteiger partial charge on any atom is 0.341 e. The summed E-state index contributed by atoms with van der Waals surface area (Å²) in [4.78, 5) is 20.5. The van der Waals surface area contributed by atoms with Crippen LogP contribution in [-0.4, -0.2) is 35.4 Å². The molecule has 0 spiro atoms. The van der Waals surface area contributed by atoms with Crippen molar-refractivity contribution in [3.05, 3.63) is 0 Å². The fourth-order valence-corrected chi connectivity index (χ4v) is 0.464. The molecule has 3 N–H and O–H groups in total. The second-order valence-electron chi connectivity index (χ2n) is 1.79. The summed E-state index contributed by atoms with van der Waals surface area (Å²) in [6, 6.07) is -0.849. The van der Waals surface area contributed by atoms with Gasteiger partial charge in [0.05, 0.1) is 0 Å². The normalized spacial score (nSPS) is 12.2. The maximum absolute atomic E-state index is 10.6. The van der Waals surface area contributed by atoms with E-state index in [0.29, 0.717) is 0 Å². The van der Waals surface area contributed by atoms with Gasteiger partial charge in [-0.25, -0.2) is 4.79 Å². The van der Waals surface area contributed by atoms with Gasteiger partial charge < -0.3 is 15.6 Å². The van der Waals surface area contributed by atoms with Crippen LogP contribution in [0.2, 0.25) is 0 Å². The fraction of sp³-hybridized carbons (Fsp3) is 0.600. The molecule has 0 amide bonds. The van der Waals surface area contributed by atoms with Crippen molar-refractivity contribution < 1.29 is 19.4 Å². The molecule has 0 aromatic carbocycles. The number of hydrogen-bond acceptors (Lipinski definition) is 5. The molecule has 0 fully saturated rings. The molecule has 11 heavy (non-hydrogen) atoms. The molecule has 0 aliphatic heterocycles. The van der Waals surface area contributed by atoms with Gasteiger partial charge in [0.2, 0.25) is 0 Å². The molecule has 0 bridgehead atoms. The monoisotopic (exact) mass is 179 g/mol. The third-order valence-electron chi connectivity index (χ3n) is 0.837. The molecular formula is C5H9NO4S. The molecule has 0 aromatic rings. The highest BCUT2D eigenvalue weighted by atomic mass is 32.1. The largest absolute Gasteiger partial charge is 0.479 e. The number of carbonyl (C=O) groups excluding carboxylic acids is 1. The molecule has 0 aliphatic rings. The van der Waals surface area contributed by atoms with Crippen molar-refractivity contribution in [1.82, 2.24) is 0 Å². The minimum atomic E-state index is -1.20. The van der Waals surface area contributed by atoms with Gasteiger partial charge in [-0.2, -0.15) is 12.6 Å². The van der Waals surface area contributed by atoms with Crippen molar-refractivity contribution in [3.63, 3.8) is 0 Å². The van der Waals surface area contributed by atoms with Gasteiger partial charge in [-0.15, -0.1) is 0 Å². The molecule has 0 saturated heterocycles. The highest BCUT2D eigenvalue weighted by molar-refractivity contribution is 7.80. The van der Waals surface area contributed by atoms with Gasteiger partial charge in [0, 0.05) is 5.75 Å². The van der Waals surface area contributed by atoms with Gasteiger partial charge in [0.1, 0.15) is 6.04 Å². The Balaban J connectivity index is 3.60. The van der Waals surface area contributed by atoms with Crippen molar-refractivity contribution >= 4 is 24.6 Å². The number of carbonyl (C=O) groups is 2. The van der Waals surface area contributed by atoms with Crippen LogP contribution in [0.15, 0.2) is 0 Å². The van der Waals surface area contributed by atoms with Crippen LogP contribution in [0.5, 0.6) is 0 Å². The van der Waals surface area contributed by atoms with Crippen molar-refractivity contribution in [3.8, 4) is 0 Å². The predicted octanol–water partition coefficient (Wildman–Crippen LogP) is -1.13. The lowest BCUT2D eigenvalue weighted by Gasteiger charge is -2.05. The van der Waals surface area contributed by atoms with Crippen LogP contribution < -0.4 is 5.73 Å². The van der Waals surface area contributed by atoms with Crippen LogP contribution in [-0.2, 0) is 14.3 Å². The zero-order valence-electron chi connectivity index (χ0n) is 5.69. The third-order valence-corrected chi connectivity index (χ3v) is 1.23. The number of nitrogens with two attached hydrogens (primary N) is 1. The van der Waals surface area contributed by atoms with Gasteiger partial charge in [-0.1, -0.05) is 0 Å². The highest BCUT2D eigenvalue weighted by Gasteiger charge is 2.13. The van der Waals surface area contributed by atoms with E-state index in [-0.39, 0.29) is 5.75 Å². The van der Waals surface area contributed by atoms with Gasteiger partial charge in [-0.05, 0) is 0 Å². The Morgan fingerprint density at radius 1 is 1.64 bits per heavy atom. The summed E-state index contributed by atoms with van der Waals surface area (Å²) in [5, 5.41) is 8.08. The van der Waals surface area contributed by atoms with Crippen molar-refractivity contribution in [1.29, 1.82) is 0 Å². The highest BCUT2D eigenvalue weighted by Crippen LogP contribution is 1.87. The Kier molecular flexibility index (Phi) is 4.64. The molecule has 0 radical (unpaired) electrons. The van der Waals surface area contributed by atoms with E-state index in [2.05, 4.69) is 17.4 Å². The molecule has 64 valence electrons. The number of hydrogen-bond donors (Lipinski definition) is 3. The van der Waals surface area contributed by atoms with E-state index in [1.54, 1.807) is 0 Å². The lowest BCUT2D eigenvalue weighted by Crippen LogP contribution is -2.34. The molecular weight excluding hydrogens is 170 g/mol. The number of aliphatic carboxylic acids is 1. The standard InChI is InChI=1S/C5H9NO4S/c6-3(2-11)5(9)10-1-4(7)8/h3,11H,1-2,6H2,(H,7,8)/t3-/m0/s1. The number of carboxylic acid groups (broad SMARTS) is 1. The molecule has 1 atom stereocenters. The van der Waals surface area contributed by atoms with E-state index in [9.17, 15) is 9.59 Å². The third kappa shape index (κ3) is 4.63. The lowest BCUT2D eigenvalue weighted by atomic mass is 10.4. The summed E-state index contributed by atoms with van der Waals surface area (Å²) in [5.41, 5.74) is 5.16. The number of ether oxygens (including phenoxy) is 1. The fourth-order valence-electron chi connectivity index (χ4n) is 0.314. The smallest absolute Gasteiger partial charge is 0.341 e. The minimum Gasteiger partial charge on any atom is -0.479 e. The van der Waals surface area contributed by atoms with Gasteiger partial charge >= 0.3 is 11.9 Å². The van der Waals surface area contributed by atoms with Crippen LogP contribution in [0.1, 0.15) is 0 Å². The molecule has 0 aromatic heterocycles. The summed E-state index contributed by atoms with van der Waals surface area (Å²) in [5.74, 6) is -1.81. The first-order valence-corrected chi connectivity index (χ1v) is 3.46. The van der Waals surface area contributed by atoms with Gasteiger partial charge in [-0.3, -0.25) is 4.79 Å². The van der Waals surface area contributed by atoms with E-state index in [4.69, 9.17) is 10.8 Å². The second kappa shape index (κ2) is 4.97. The number of esters is 1. The Bertz CT molecular complexity index is 161. The van der Waals surface area contributed by atoms with Crippen LogP contribution in [0.4, 0.5) is 0 Å². The maximum atomic E-state index is 10.6. The topological polar surface area (TPSA) is 89.6 Å². The molecule has 0 unspecified atom stereocenters. The Hall–Kier alpha value is -0.750. The molecule has 0 rings (SSSR count). The van der Waals surface area contributed by atoms with Crippen LogP contribution >= 0.6 is 12.6 Å². The number of thiol groups is 1. The molecule has 0 heterocycles. The number of carboxylic acids is 1. The van der Waals surface area contributed by atoms with Crippen LogP contribution in [0.25, 0.3) is 0 Å². The summed E-state index contributed by atoms with van der Waals surface area (Å²) < 4.78 is 4.24. The summed E-state index contributed by atoms with van der Waals surface area (Å²) in [6.45, 7) is -0.652. The zero-order valence-corrected chi connectivity index (χ0v) is 6.58. The average molecular weight is 179 g/mol. The Labute approximate surface area is 68.9 Å². The summed E-state index contributed by atoms with van der Waals surface area (Å²) in [6.07, 6.45) is 0. The van der Waals surface area contributed by atoms with E-state index in [1.165, 1.54) is 0 Å². The van der Waals surface area contributed by atoms with Gasteiger partial charge in [0.25, 0.3) is 0 Å². The van der Waals surface area contributed by atoms with E-state index in [0.717, 1.165) is 0 Å². The Morgan fingerprint density at radius 2 is 2.18 bits per heavy atom. The van der Waals surface area contributed by atoms with Gasteiger partial charge in [0.15, 0.2) is 6.61 Å². The molecule has 0 saturated carbocycles. The quantitative estimate of drug-likeness (QED) is 0.375. The van der Waals surface area contributed by atoms with E-state index in [1.807, 2.05) is 0 Å². The molecule has 0 aliphatic carbocycles. The van der Waals surface area contributed by atoms with Crippen LogP contribution in [0.3, 0.4) is 0 Å². The summed E-state index contributed by atoms with van der Waals surface area (Å²) >= 11 is 3.73. The first-order valence-electron chi connectivity index (χ1n) is 2.82. The van der Waals surface area contributed by atoms with E-state index < -0.39 is 24.6 Å². The first-order chi connectivity index (χ1) is 5.07. The second-order valence-corrected chi connectivity index (χ2v) is 2.16. The predicted molar refractivity (Wildman–Crippen MR) is 40.4 cm³/mol. The van der Waals surface area contributed by atoms with Crippen molar-refractivity contribution in [2.75, 3.05) is 12.4 Å². The van der Waals surface area contributed by atoms with Crippen LogP contribution in [0, 0.1) is 0 Å². The SMILES string of the molecule is N[C@@H](CS)C(=O)OCC(=O)O. The average Bonchev–Trinajstić information content (AvgIpc) is 1.98. The Morgan fingerprint density at radius 3 is 2.55 bits per heavy atom. The van der Waals surface area contributed by atoms with E-state index >= 15 is 0 Å². The first kappa shape index (κ1) is 10.2. The summed E-state index contributed by atoms with van der Waals surface area (Å²) in [7, 11) is 0. The molecule has 5 nitrogen and oxygen atoms in total.